The summed E-state index contributed by atoms with van der Waals surface area (Å²) in [7, 11) is 2.01. The van der Waals surface area contributed by atoms with Gasteiger partial charge in [-0.2, -0.15) is 0 Å². The molecule has 1 saturated heterocycles. The Bertz CT molecular complexity index is 302. The van der Waals surface area contributed by atoms with E-state index in [0.29, 0.717) is 11.9 Å². The molecule has 0 unspecified atom stereocenters. The molecule has 1 aliphatic heterocycles. The van der Waals surface area contributed by atoms with Gasteiger partial charge in [-0.05, 0) is 31.7 Å². The predicted octanol–water partition coefficient (Wildman–Crippen LogP) is 3.05. The second kappa shape index (κ2) is 6.25. The van der Waals surface area contributed by atoms with Gasteiger partial charge >= 0.3 is 0 Å². The molecule has 3 heteroatoms. The van der Waals surface area contributed by atoms with Crippen molar-refractivity contribution in [1.82, 2.24) is 10.2 Å². The monoisotopic (exact) mass is 268 g/mol. The van der Waals surface area contributed by atoms with Crippen LogP contribution in [0, 0.1) is 10.8 Å². The van der Waals surface area contributed by atoms with Crippen LogP contribution in [0.4, 0.5) is 0 Å². The van der Waals surface area contributed by atoms with E-state index in [1.54, 1.807) is 0 Å². The molecule has 0 saturated carbocycles. The lowest BCUT2D eigenvalue weighted by Crippen LogP contribution is -2.49. The maximum atomic E-state index is 12.7. The molecule has 0 spiro atoms. The summed E-state index contributed by atoms with van der Waals surface area (Å²) in [5.41, 5.74) is -0.00551. The molecular weight excluding hydrogens is 236 g/mol. The van der Waals surface area contributed by atoms with Crippen LogP contribution in [-0.4, -0.2) is 37.0 Å². The standard InChI is InChI=1S/C16H32N2O/c1-7-15(2,3)12-16(4,5)14(19)18-10-8-13(17-6)9-11-18/h13,17H,7-12H2,1-6H3. The molecule has 0 aromatic heterocycles. The van der Waals surface area contributed by atoms with Gasteiger partial charge in [-0.1, -0.05) is 41.0 Å². The maximum absolute atomic E-state index is 12.7. The van der Waals surface area contributed by atoms with Gasteiger partial charge in [0.05, 0.1) is 0 Å². The van der Waals surface area contributed by atoms with Gasteiger partial charge in [0.2, 0.25) is 5.91 Å². The average Bonchev–Trinajstić information content (AvgIpc) is 2.37. The summed E-state index contributed by atoms with van der Waals surface area (Å²) in [4.78, 5) is 14.8. The number of hydrogen-bond acceptors (Lipinski definition) is 2. The van der Waals surface area contributed by atoms with Crippen LogP contribution in [0.2, 0.25) is 0 Å². The molecule has 19 heavy (non-hydrogen) atoms. The van der Waals surface area contributed by atoms with E-state index in [2.05, 4.69) is 44.8 Å². The molecule has 0 aromatic rings. The average molecular weight is 268 g/mol. The Morgan fingerprint density at radius 2 is 1.74 bits per heavy atom. The van der Waals surface area contributed by atoms with E-state index in [1.807, 2.05) is 7.05 Å². The van der Waals surface area contributed by atoms with Crippen molar-refractivity contribution in [3.8, 4) is 0 Å². The van der Waals surface area contributed by atoms with E-state index in [9.17, 15) is 4.79 Å². The molecule has 1 amide bonds. The lowest BCUT2D eigenvalue weighted by molar-refractivity contribution is -0.143. The van der Waals surface area contributed by atoms with Gasteiger partial charge in [0.25, 0.3) is 0 Å². The third-order valence-electron chi connectivity index (χ3n) is 4.65. The van der Waals surface area contributed by atoms with Crippen LogP contribution in [0.15, 0.2) is 0 Å². The van der Waals surface area contributed by atoms with Gasteiger partial charge in [-0.25, -0.2) is 0 Å². The van der Waals surface area contributed by atoms with Crippen LogP contribution >= 0.6 is 0 Å². The summed E-state index contributed by atoms with van der Waals surface area (Å²) in [6.45, 7) is 12.7. The van der Waals surface area contributed by atoms with Gasteiger partial charge in [0.15, 0.2) is 0 Å². The molecule has 0 radical (unpaired) electrons. The molecule has 0 bridgehead atoms. The lowest BCUT2D eigenvalue weighted by Gasteiger charge is -2.40. The van der Waals surface area contributed by atoms with Crippen molar-refractivity contribution in [2.45, 2.75) is 66.3 Å². The molecule has 1 heterocycles. The Morgan fingerprint density at radius 3 is 2.16 bits per heavy atom. The highest BCUT2D eigenvalue weighted by molar-refractivity contribution is 5.82. The van der Waals surface area contributed by atoms with Crippen LogP contribution in [0.25, 0.3) is 0 Å². The first-order chi connectivity index (χ1) is 8.72. The van der Waals surface area contributed by atoms with E-state index in [0.717, 1.165) is 38.8 Å². The highest BCUT2D eigenvalue weighted by Crippen LogP contribution is 2.37. The van der Waals surface area contributed by atoms with Crippen LogP contribution in [-0.2, 0) is 4.79 Å². The molecule has 3 nitrogen and oxygen atoms in total. The number of nitrogens with one attached hydrogen (secondary N) is 1. The number of hydrogen-bond donors (Lipinski definition) is 1. The number of amides is 1. The molecule has 0 aromatic carbocycles. The molecule has 112 valence electrons. The fourth-order valence-corrected chi connectivity index (χ4v) is 3.20. The quantitative estimate of drug-likeness (QED) is 0.831. The van der Waals surface area contributed by atoms with Gasteiger partial charge in [-0.3, -0.25) is 4.79 Å². The largest absolute Gasteiger partial charge is 0.342 e. The minimum atomic E-state index is -0.244. The summed E-state index contributed by atoms with van der Waals surface area (Å²) >= 11 is 0. The van der Waals surface area contributed by atoms with Crippen molar-refractivity contribution in [2.75, 3.05) is 20.1 Å². The molecule has 0 atom stereocenters. The second-order valence-corrected chi connectivity index (χ2v) is 7.43. The van der Waals surface area contributed by atoms with E-state index in [1.165, 1.54) is 0 Å². The van der Waals surface area contributed by atoms with Crippen LogP contribution in [0.1, 0.15) is 60.3 Å². The lowest BCUT2D eigenvalue weighted by atomic mass is 9.73. The summed E-state index contributed by atoms with van der Waals surface area (Å²) in [5.74, 6) is 0.337. The fraction of sp³-hybridized carbons (Fsp3) is 0.938. The maximum Gasteiger partial charge on any atom is 0.228 e. The minimum Gasteiger partial charge on any atom is -0.342 e. The Labute approximate surface area is 119 Å². The number of likely N-dealkylation sites (tertiary alicyclic amines) is 1. The highest BCUT2D eigenvalue weighted by Gasteiger charge is 2.37. The molecule has 1 aliphatic rings. The zero-order chi connectivity index (χ0) is 14.7. The summed E-state index contributed by atoms with van der Waals surface area (Å²) in [6.07, 6.45) is 4.23. The number of piperidine rings is 1. The topological polar surface area (TPSA) is 32.3 Å². The van der Waals surface area contributed by atoms with Crippen molar-refractivity contribution in [1.29, 1.82) is 0 Å². The zero-order valence-electron chi connectivity index (χ0n) is 13.7. The second-order valence-electron chi connectivity index (χ2n) is 7.43. The number of carbonyl (C=O) groups excluding carboxylic acids is 1. The molecule has 1 N–H and O–H groups in total. The Hall–Kier alpha value is -0.570. The number of rotatable bonds is 5. The van der Waals surface area contributed by atoms with Crippen molar-refractivity contribution in [2.24, 2.45) is 10.8 Å². The first-order valence-electron chi connectivity index (χ1n) is 7.68. The molecule has 1 fully saturated rings. The first kappa shape index (κ1) is 16.5. The molecule has 0 aliphatic carbocycles. The molecule has 1 rings (SSSR count). The first-order valence-corrected chi connectivity index (χ1v) is 7.68. The number of nitrogens with zero attached hydrogens (tertiary/aromatic N) is 1. The normalized spacial score (nSPS) is 18.7. The van der Waals surface area contributed by atoms with E-state index in [-0.39, 0.29) is 10.8 Å². The predicted molar refractivity (Wildman–Crippen MR) is 81.1 cm³/mol. The molecular formula is C16H32N2O. The highest BCUT2D eigenvalue weighted by atomic mass is 16.2. The SMILES string of the molecule is CCC(C)(C)CC(C)(C)C(=O)N1CCC(NC)CC1. The third kappa shape index (κ3) is 4.48. The Balaban J connectivity index is 2.61. The summed E-state index contributed by atoms with van der Waals surface area (Å²) in [5, 5.41) is 3.31. The van der Waals surface area contributed by atoms with Crippen molar-refractivity contribution in [3.05, 3.63) is 0 Å². The van der Waals surface area contributed by atoms with E-state index in [4.69, 9.17) is 0 Å². The van der Waals surface area contributed by atoms with Crippen molar-refractivity contribution >= 4 is 5.91 Å². The van der Waals surface area contributed by atoms with Crippen molar-refractivity contribution in [3.63, 3.8) is 0 Å². The summed E-state index contributed by atoms with van der Waals surface area (Å²) in [6, 6.07) is 0.583. The fourth-order valence-electron chi connectivity index (χ4n) is 3.20. The van der Waals surface area contributed by atoms with Gasteiger partial charge < -0.3 is 10.2 Å². The van der Waals surface area contributed by atoms with E-state index >= 15 is 0 Å². The van der Waals surface area contributed by atoms with E-state index < -0.39 is 0 Å². The van der Waals surface area contributed by atoms with Gasteiger partial charge in [0.1, 0.15) is 0 Å². The number of carbonyl (C=O) groups is 1. The van der Waals surface area contributed by atoms with Gasteiger partial charge in [-0.15, -0.1) is 0 Å². The van der Waals surface area contributed by atoms with Crippen LogP contribution in [0.3, 0.4) is 0 Å². The zero-order valence-corrected chi connectivity index (χ0v) is 13.7. The Morgan fingerprint density at radius 1 is 1.21 bits per heavy atom. The Kier molecular flexibility index (Phi) is 5.43. The smallest absolute Gasteiger partial charge is 0.228 e. The van der Waals surface area contributed by atoms with Gasteiger partial charge in [0, 0.05) is 24.5 Å². The van der Waals surface area contributed by atoms with Crippen LogP contribution in [0.5, 0.6) is 0 Å². The summed E-state index contributed by atoms with van der Waals surface area (Å²) < 4.78 is 0. The minimum absolute atomic E-state index is 0.239. The van der Waals surface area contributed by atoms with Crippen LogP contribution < -0.4 is 5.32 Å². The third-order valence-corrected chi connectivity index (χ3v) is 4.65. The van der Waals surface area contributed by atoms with Crippen molar-refractivity contribution < 1.29 is 4.79 Å².